The number of hydrogen-bond acceptors (Lipinski definition) is 6. The number of nitrogens with zero attached hydrogens (tertiary/aromatic N) is 3. The highest BCUT2D eigenvalue weighted by Gasteiger charge is 2.22. The highest BCUT2D eigenvalue weighted by molar-refractivity contribution is 5.90. The molecule has 2 aromatic carbocycles. The Kier molecular flexibility index (Phi) is 6.68. The number of benzene rings is 2. The molecule has 1 heterocycles. The van der Waals surface area contributed by atoms with Crippen molar-refractivity contribution in [3.05, 3.63) is 59.7 Å². The van der Waals surface area contributed by atoms with Crippen molar-refractivity contribution in [1.29, 1.82) is 0 Å². The van der Waals surface area contributed by atoms with Gasteiger partial charge in [0.15, 0.2) is 0 Å². The molecule has 0 spiro atoms. The lowest BCUT2D eigenvalue weighted by Gasteiger charge is -2.30. The zero-order valence-corrected chi connectivity index (χ0v) is 18.7. The number of hydrogen-bond donors (Lipinski definition) is 3. The first-order chi connectivity index (χ1) is 15.0. The van der Waals surface area contributed by atoms with E-state index >= 15 is 0 Å². The van der Waals surface area contributed by atoms with Crippen molar-refractivity contribution in [2.45, 2.75) is 57.3 Å². The molecule has 3 aromatic rings. The van der Waals surface area contributed by atoms with E-state index in [0.29, 0.717) is 12.1 Å². The van der Waals surface area contributed by atoms with Crippen molar-refractivity contribution in [1.82, 2.24) is 15.3 Å². The van der Waals surface area contributed by atoms with Crippen LogP contribution in [0.4, 0.5) is 11.8 Å². The van der Waals surface area contributed by atoms with E-state index in [-0.39, 0.29) is 0 Å². The normalized spacial score (nSPS) is 19.9. The molecule has 164 valence electrons. The molecular weight excluding hydrogens is 386 g/mol. The van der Waals surface area contributed by atoms with Crippen LogP contribution in [0.5, 0.6) is 0 Å². The summed E-state index contributed by atoms with van der Waals surface area (Å²) in [7, 11) is 4.04. The SMILES string of the molecule is CC(O)c1ccc(CN[C@H]2CC[C@@H](Nc3nc(N(C)C)c4ccccc4n3)CC2)cc1. The van der Waals surface area contributed by atoms with Crippen LogP contribution in [0.25, 0.3) is 10.9 Å². The van der Waals surface area contributed by atoms with Gasteiger partial charge in [-0.2, -0.15) is 4.98 Å². The van der Waals surface area contributed by atoms with Crippen molar-refractivity contribution >= 4 is 22.7 Å². The molecule has 4 rings (SSSR count). The lowest BCUT2D eigenvalue weighted by atomic mass is 9.91. The van der Waals surface area contributed by atoms with Gasteiger partial charge in [0, 0.05) is 38.1 Å². The summed E-state index contributed by atoms with van der Waals surface area (Å²) in [5.41, 5.74) is 3.19. The molecule has 0 aliphatic heterocycles. The van der Waals surface area contributed by atoms with Crippen LogP contribution < -0.4 is 15.5 Å². The van der Waals surface area contributed by atoms with Gasteiger partial charge >= 0.3 is 0 Å². The molecular formula is C25H33N5O. The van der Waals surface area contributed by atoms with E-state index in [0.717, 1.165) is 60.5 Å². The number of rotatable bonds is 7. The molecule has 1 atom stereocenters. The summed E-state index contributed by atoms with van der Waals surface area (Å²) < 4.78 is 0. The van der Waals surface area contributed by atoms with Gasteiger partial charge in [0.25, 0.3) is 0 Å². The van der Waals surface area contributed by atoms with Gasteiger partial charge in [0.1, 0.15) is 5.82 Å². The first kappa shape index (κ1) is 21.5. The van der Waals surface area contributed by atoms with Crippen molar-refractivity contribution in [3.8, 4) is 0 Å². The highest BCUT2D eigenvalue weighted by atomic mass is 16.3. The molecule has 0 amide bonds. The molecule has 1 fully saturated rings. The van der Waals surface area contributed by atoms with Crippen LogP contribution in [0.2, 0.25) is 0 Å². The molecule has 1 aromatic heterocycles. The Morgan fingerprint density at radius 1 is 0.968 bits per heavy atom. The summed E-state index contributed by atoms with van der Waals surface area (Å²) in [6.07, 6.45) is 4.07. The maximum atomic E-state index is 9.64. The Hall–Kier alpha value is -2.70. The zero-order chi connectivity index (χ0) is 21.8. The average molecular weight is 420 g/mol. The van der Waals surface area contributed by atoms with Crippen LogP contribution in [0.1, 0.15) is 49.8 Å². The molecule has 31 heavy (non-hydrogen) atoms. The summed E-state index contributed by atoms with van der Waals surface area (Å²) >= 11 is 0. The fraction of sp³-hybridized carbons (Fsp3) is 0.440. The molecule has 1 unspecified atom stereocenters. The van der Waals surface area contributed by atoms with Crippen molar-refractivity contribution in [3.63, 3.8) is 0 Å². The Bertz CT molecular complexity index is 994. The topological polar surface area (TPSA) is 73.3 Å². The molecule has 0 radical (unpaired) electrons. The Labute approximate surface area is 184 Å². The van der Waals surface area contributed by atoms with E-state index in [1.807, 2.05) is 49.3 Å². The lowest BCUT2D eigenvalue weighted by molar-refractivity contribution is 0.199. The Morgan fingerprint density at radius 3 is 2.32 bits per heavy atom. The van der Waals surface area contributed by atoms with Gasteiger partial charge in [-0.05, 0) is 55.9 Å². The largest absolute Gasteiger partial charge is 0.389 e. The minimum Gasteiger partial charge on any atom is -0.389 e. The third kappa shape index (κ3) is 5.32. The number of aliphatic hydroxyl groups excluding tert-OH is 1. The second kappa shape index (κ2) is 9.62. The second-order valence-corrected chi connectivity index (χ2v) is 8.77. The van der Waals surface area contributed by atoms with Crippen LogP contribution in [0, 0.1) is 0 Å². The van der Waals surface area contributed by atoms with E-state index in [2.05, 4.69) is 28.8 Å². The Balaban J connectivity index is 1.31. The first-order valence-electron chi connectivity index (χ1n) is 11.2. The van der Waals surface area contributed by atoms with E-state index in [1.165, 1.54) is 5.56 Å². The number of nitrogens with one attached hydrogen (secondary N) is 2. The summed E-state index contributed by atoms with van der Waals surface area (Å²) in [5, 5.41) is 18.0. The Morgan fingerprint density at radius 2 is 1.65 bits per heavy atom. The van der Waals surface area contributed by atoms with E-state index < -0.39 is 6.10 Å². The van der Waals surface area contributed by atoms with Crippen molar-refractivity contribution in [2.24, 2.45) is 0 Å². The van der Waals surface area contributed by atoms with Gasteiger partial charge in [0.2, 0.25) is 5.95 Å². The molecule has 6 nitrogen and oxygen atoms in total. The van der Waals surface area contributed by atoms with Crippen molar-refractivity contribution in [2.75, 3.05) is 24.3 Å². The summed E-state index contributed by atoms with van der Waals surface area (Å²) in [4.78, 5) is 11.6. The smallest absolute Gasteiger partial charge is 0.225 e. The number of anilines is 2. The molecule has 0 saturated heterocycles. The van der Waals surface area contributed by atoms with Gasteiger partial charge in [-0.25, -0.2) is 4.98 Å². The van der Waals surface area contributed by atoms with Crippen LogP contribution in [0.15, 0.2) is 48.5 Å². The highest BCUT2D eigenvalue weighted by Crippen LogP contribution is 2.26. The minimum absolute atomic E-state index is 0.402. The van der Waals surface area contributed by atoms with Gasteiger partial charge in [0.05, 0.1) is 11.6 Å². The monoisotopic (exact) mass is 419 g/mol. The lowest BCUT2D eigenvalue weighted by Crippen LogP contribution is -2.37. The molecule has 1 aliphatic carbocycles. The summed E-state index contributed by atoms with van der Waals surface area (Å²) in [5.74, 6) is 1.67. The van der Waals surface area contributed by atoms with Crippen LogP contribution in [-0.2, 0) is 6.54 Å². The van der Waals surface area contributed by atoms with E-state index in [9.17, 15) is 5.11 Å². The van der Waals surface area contributed by atoms with Crippen molar-refractivity contribution < 1.29 is 5.11 Å². The van der Waals surface area contributed by atoms with Gasteiger partial charge in [-0.15, -0.1) is 0 Å². The summed E-state index contributed by atoms with van der Waals surface area (Å²) in [6.45, 7) is 2.66. The number of aromatic nitrogens is 2. The fourth-order valence-corrected chi connectivity index (χ4v) is 4.27. The molecule has 1 aliphatic rings. The molecule has 0 bridgehead atoms. The number of para-hydroxylation sites is 1. The number of fused-ring (bicyclic) bond motifs is 1. The third-order valence-electron chi connectivity index (χ3n) is 6.12. The second-order valence-electron chi connectivity index (χ2n) is 8.77. The van der Waals surface area contributed by atoms with Gasteiger partial charge in [-0.3, -0.25) is 0 Å². The fourth-order valence-electron chi connectivity index (χ4n) is 4.27. The number of aliphatic hydroxyl groups is 1. The quantitative estimate of drug-likeness (QED) is 0.531. The summed E-state index contributed by atoms with van der Waals surface area (Å²) in [6, 6.07) is 17.3. The maximum Gasteiger partial charge on any atom is 0.225 e. The first-order valence-corrected chi connectivity index (χ1v) is 11.2. The van der Waals surface area contributed by atoms with E-state index in [4.69, 9.17) is 9.97 Å². The van der Waals surface area contributed by atoms with Crippen LogP contribution in [0.3, 0.4) is 0 Å². The third-order valence-corrected chi connectivity index (χ3v) is 6.12. The minimum atomic E-state index is -0.412. The average Bonchev–Trinajstić information content (AvgIpc) is 2.78. The maximum absolute atomic E-state index is 9.64. The van der Waals surface area contributed by atoms with Crippen LogP contribution >= 0.6 is 0 Å². The van der Waals surface area contributed by atoms with Crippen LogP contribution in [-0.4, -0.2) is 41.3 Å². The van der Waals surface area contributed by atoms with Gasteiger partial charge < -0.3 is 20.6 Å². The van der Waals surface area contributed by atoms with E-state index in [1.54, 1.807) is 6.92 Å². The predicted octanol–water partition coefficient (Wildman–Crippen LogP) is 4.26. The molecule has 1 saturated carbocycles. The zero-order valence-electron chi connectivity index (χ0n) is 18.7. The standard InChI is InChI=1S/C25H33N5O/c1-17(31)19-10-8-18(9-11-19)16-26-20-12-14-21(15-13-20)27-25-28-23-7-5-4-6-22(23)24(29-25)30(2)3/h4-11,17,20-21,26,31H,12-16H2,1-3H3,(H,27,28,29)/t17?,20-,21+. The molecule has 6 heteroatoms. The predicted molar refractivity (Wildman–Crippen MR) is 127 cm³/mol. The van der Waals surface area contributed by atoms with Gasteiger partial charge in [-0.1, -0.05) is 36.4 Å². The molecule has 3 N–H and O–H groups in total.